The van der Waals surface area contributed by atoms with Gasteiger partial charge >= 0.3 is 0 Å². The number of halogens is 2. The summed E-state index contributed by atoms with van der Waals surface area (Å²) >= 11 is 0. The first-order valence-electron chi connectivity index (χ1n) is 11.6. The van der Waals surface area contributed by atoms with Crippen LogP contribution in [0.1, 0.15) is 34.1 Å². The van der Waals surface area contributed by atoms with E-state index in [0.29, 0.717) is 48.7 Å². The van der Waals surface area contributed by atoms with Crippen molar-refractivity contribution in [2.75, 3.05) is 45.7 Å². The molecule has 2 aromatic heterocycles. The first-order chi connectivity index (χ1) is 17.4. The fourth-order valence-electron chi connectivity index (χ4n) is 4.08. The van der Waals surface area contributed by atoms with Crippen LogP contribution < -0.4 is 19.7 Å². The van der Waals surface area contributed by atoms with Crippen LogP contribution in [-0.4, -0.2) is 61.6 Å². The standard InChI is InChI=1S/C26H29F2N5O3/c1-29-8-7-24(17-5-4-6-18(27)11-17)36-19-12-21(28)22(30-14-19)16-33-10-9-32(2)23-15-31-25(35-3)13-20(23)26(33)34/h4-6,11-15,24,29H,7-10,16H2,1-3H3/t24-/m0/s1. The molecule has 3 heterocycles. The van der Waals surface area contributed by atoms with Gasteiger partial charge in [-0.1, -0.05) is 12.1 Å². The Hall–Kier alpha value is -3.79. The molecule has 4 rings (SSSR count). The number of likely N-dealkylation sites (N-methyl/N-ethyl adjacent to an activating group) is 1. The van der Waals surface area contributed by atoms with E-state index in [9.17, 15) is 9.18 Å². The minimum Gasteiger partial charge on any atom is -0.484 e. The van der Waals surface area contributed by atoms with Crippen LogP contribution in [-0.2, 0) is 6.54 Å². The Morgan fingerprint density at radius 3 is 2.69 bits per heavy atom. The van der Waals surface area contributed by atoms with Gasteiger partial charge in [-0.05, 0) is 31.3 Å². The van der Waals surface area contributed by atoms with Gasteiger partial charge in [0.15, 0.2) is 0 Å². The van der Waals surface area contributed by atoms with E-state index in [-0.39, 0.29) is 29.7 Å². The molecule has 0 radical (unpaired) electrons. The lowest BCUT2D eigenvalue weighted by molar-refractivity contribution is 0.0750. The molecule has 190 valence electrons. The number of amides is 1. The lowest BCUT2D eigenvalue weighted by atomic mass is 10.1. The van der Waals surface area contributed by atoms with Gasteiger partial charge in [0, 0.05) is 38.7 Å². The Balaban J connectivity index is 1.52. The minimum atomic E-state index is -0.586. The van der Waals surface area contributed by atoms with Crippen molar-refractivity contribution in [3.63, 3.8) is 0 Å². The van der Waals surface area contributed by atoms with Crippen molar-refractivity contribution >= 4 is 11.6 Å². The van der Waals surface area contributed by atoms with E-state index >= 15 is 4.39 Å². The highest BCUT2D eigenvalue weighted by Gasteiger charge is 2.27. The molecule has 1 atom stereocenters. The first-order valence-corrected chi connectivity index (χ1v) is 11.6. The third-order valence-electron chi connectivity index (χ3n) is 6.09. The van der Waals surface area contributed by atoms with Crippen LogP contribution >= 0.6 is 0 Å². The number of hydrogen-bond donors (Lipinski definition) is 1. The molecule has 0 aliphatic carbocycles. The van der Waals surface area contributed by atoms with Crippen molar-refractivity contribution in [1.29, 1.82) is 0 Å². The van der Waals surface area contributed by atoms with E-state index in [4.69, 9.17) is 9.47 Å². The zero-order valence-electron chi connectivity index (χ0n) is 20.5. The molecule has 0 spiro atoms. The third-order valence-corrected chi connectivity index (χ3v) is 6.09. The molecule has 8 nitrogen and oxygen atoms in total. The number of fused-ring (bicyclic) bond motifs is 1. The summed E-state index contributed by atoms with van der Waals surface area (Å²) in [5.74, 6) is -0.654. The second-order valence-electron chi connectivity index (χ2n) is 8.55. The fourth-order valence-corrected chi connectivity index (χ4v) is 4.08. The van der Waals surface area contributed by atoms with Crippen molar-refractivity contribution in [3.8, 4) is 11.6 Å². The molecule has 0 fully saturated rings. The van der Waals surface area contributed by atoms with Crippen LogP contribution in [0.3, 0.4) is 0 Å². The van der Waals surface area contributed by atoms with Crippen molar-refractivity contribution in [2.45, 2.75) is 19.1 Å². The first kappa shape index (κ1) is 25.3. The predicted molar refractivity (Wildman–Crippen MR) is 131 cm³/mol. The summed E-state index contributed by atoms with van der Waals surface area (Å²) in [6.07, 6.45) is 3.10. The lowest BCUT2D eigenvalue weighted by Gasteiger charge is -2.22. The van der Waals surface area contributed by atoms with E-state index in [1.807, 2.05) is 19.0 Å². The maximum atomic E-state index is 15.1. The van der Waals surface area contributed by atoms with Gasteiger partial charge in [0.1, 0.15) is 23.5 Å². The van der Waals surface area contributed by atoms with Crippen molar-refractivity contribution in [2.24, 2.45) is 0 Å². The zero-order chi connectivity index (χ0) is 25.7. The summed E-state index contributed by atoms with van der Waals surface area (Å²) in [7, 11) is 5.17. The van der Waals surface area contributed by atoms with E-state index in [1.165, 1.54) is 31.5 Å². The smallest absolute Gasteiger partial charge is 0.256 e. The lowest BCUT2D eigenvalue weighted by Crippen LogP contribution is -2.33. The number of hydrogen-bond acceptors (Lipinski definition) is 7. The third kappa shape index (κ3) is 5.71. The summed E-state index contributed by atoms with van der Waals surface area (Å²) in [6.45, 7) is 1.56. The molecule has 0 saturated carbocycles. The quantitative estimate of drug-likeness (QED) is 0.484. The summed E-state index contributed by atoms with van der Waals surface area (Å²) < 4.78 is 40.0. The van der Waals surface area contributed by atoms with E-state index in [2.05, 4.69) is 15.3 Å². The normalized spacial score (nSPS) is 14.3. The van der Waals surface area contributed by atoms with E-state index in [0.717, 1.165) is 0 Å². The maximum Gasteiger partial charge on any atom is 0.256 e. The molecule has 3 aromatic rings. The van der Waals surface area contributed by atoms with Crippen molar-refractivity contribution in [1.82, 2.24) is 20.2 Å². The van der Waals surface area contributed by atoms with E-state index in [1.54, 1.807) is 29.3 Å². The molecule has 0 bridgehead atoms. The largest absolute Gasteiger partial charge is 0.484 e. The molecule has 0 saturated heterocycles. The van der Waals surface area contributed by atoms with Crippen molar-refractivity contribution < 1.29 is 23.0 Å². The maximum absolute atomic E-state index is 15.1. The molecule has 0 unspecified atom stereocenters. The number of nitrogens with zero attached hydrogens (tertiary/aromatic N) is 4. The molecule has 1 aliphatic heterocycles. The van der Waals surface area contributed by atoms with E-state index < -0.39 is 11.9 Å². The molecule has 36 heavy (non-hydrogen) atoms. The Labute approximate surface area is 208 Å². The van der Waals surface area contributed by atoms with Gasteiger partial charge in [0.2, 0.25) is 5.88 Å². The van der Waals surface area contributed by atoms with Gasteiger partial charge < -0.3 is 24.6 Å². The SMILES string of the molecule is CNCC[C@H](Oc1cnc(CN2CCN(C)c3cnc(OC)cc3C2=O)c(F)c1)c1cccc(F)c1. The summed E-state index contributed by atoms with van der Waals surface area (Å²) in [5.41, 5.74) is 1.90. The predicted octanol–water partition coefficient (Wildman–Crippen LogP) is 3.59. The Bertz CT molecular complexity index is 1230. The van der Waals surface area contributed by atoms with Gasteiger partial charge in [-0.3, -0.25) is 9.78 Å². The topological polar surface area (TPSA) is 79.8 Å². The molecular formula is C26H29F2N5O3. The number of methoxy groups -OCH3 is 1. The van der Waals surface area contributed by atoms with Gasteiger partial charge in [-0.15, -0.1) is 0 Å². The number of rotatable bonds is 9. The zero-order valence-corrected chi connectivity index (χ0v) is 20.5. The molecule has 10 heteroatoms. The number of carbonyl (C=O) groups is 1. The van der Waals surface area contributed by atoms with Crippen LogP contribution in [0.25, 0.3) is 0 Å². The van der Waals surface area contributed by atoms with Crippen molar-refractivity contribution in [3.05, 3.63) is 77.2 Å². The number of benzene rings is 1. The van der Waals surface area contributed by atoms with Crippen LogP contribution in [0.2, 0.25) is 0 Å². The molecule has 1 amide bonds. The number of anilines is 1. The average Bonchev–Trinajstić information content (AvgIpc) is 2.99. The number of carbonyl (C=O) groups excluding carboxylic acids is 1. The Morgan fingerprint density at radius 1 is 1.14 bits per heavy atom. The number of ether oxygens (including phenoxy) is 2. The number of nitrogens with one attached hydrogen (secondary N) is 1. The van der Waals surface area contributed by atoms with Crippen LogP contribution in [0.5, 0.6) is 11.6 Å². The highest BCUT2D eigenvalue weighted by atomic mass is 19.1. The van der Waals surface area contributed by atoms with Gasteiger partial charge in [0.25, 0.3) is 5.91 Å². The minimum absolute atomic E-state index is 0.00402. The highest BCUT2D eigenvalue weighted by Crippen LogP contribution is 2.29. The number of aromatic nitrogens is 2. The second-order valence-corrected chi connectivity index (χ2v) is 8.55. The summed E-state index contributed by atoms with van der Waals surface area (Å²) in [4.78, 5) is 25.2. The highest BCUT2D eigenvalue weighted by molar-refractivity contribution is 6.00. The monoisotopic (exact) mass is 497 g/mol. The summed E-state index contributed by atoms with van der Waals surface area (Å²) in [5, 5.41) is 3.04. The number of pyridine rings is 2. The second kappa shape index (κ2) is 11.3. The molecular weight excluding hydrogens is 468 g/mol. The van der Waals surface area contributed by atoms with Crippen LogP contribution in [0.15, 0.2) is 48.8 Å². The Kier molecular flexibility index (Phi) is 7.94. The average molecular weight is 498 g/mol. The van der Waals surface area contributed by atoms with Crippen LogP contribution in [0.4, 0.5) is 14.5 Å². The Morgan fingerprint density at radius 2 is 1.97 bits per heavy atom. The van der Waals surface area contributed by atoms with Gasteiger partial charge in [-0.25, -0.2) is 13.8 Å². The molecule has 1 N–H and O–H groups in total. The van der Waals surface area contributed by atoms with Crippen LogP contribution in [0, 0.1) is 11.6 Å². The molecule has 1 aromatic carbocycles. The summed E-state index contributed by atoms with van der Waals surface area (Å²) in [6, 6.07) is 8.99. The fraction of sp³-hybridized carbons (Fsp3) is 0.346. The van der Waals surface area contributed by atoms with Gasteiger partial charge in [0.05, 0.1) is 43.0 Å². The van der Waals surface area contributed by atoms with Gasteiger partial charge in [-0.2, -0.15) is 0 Å². The molecule has 1 aliphatic rings.